The summed E-state index contributed by atoms with van der Waals surface area (Å²) < 4.78 is 6.84. The Labute approximate surface area is 140 Å². The van der Waals surface area contributed by atoms with Gasteiger partial charge in [0.2, 0.25) is 0 Å². The van der Waals surface area contributed by atoms with Gasteiger partial charge in [0.25, 0.3) is 0 Å². The monoisotopic (exact) mass is 329 g/mol. The largest absolute Gasteiger partial charge is 0.394 e. The Morgan fingerprint density at radius 2 is 1.78 bits per heavy atom. The minimum absolute atomic E-state index is 0.0202. The fourth-order valence-corrected chi connectivity index (χ4v) is 1.67. The predicted octanol–water partition coefficient (Wildman–Crippen LogP) is 3.35. The van der Waals surface area contributed by atoms with Crippen LogP contribution in [0.15, 0.2) is 17.1 Å². The summed E-state index contributed by atoms with van der Waals surface area (Å²) in [5.41, 5.74) is 4.96. The molecule has 0 radical (unpaired) electrons. The van der Waals surface area contributed by atoms with E-state index in [2.05, 4.69) is 32.7 Å². The van der Waals surface area contributed by atoms with Gasteiger partial charge in [0, 0.05) is 6.20 Å². The van der Waals surface area contributed by atoms with Crippen molar-refractivity contribution in [3.63, 3.8) is 0 Å². The number of nitrogens with two attached hydrogens (primary N) is 1. The molecule has 0 aliphatic carbocycles. The van der Waals surface area contributed by atoms with Crippen LogP contribution in [0.1, 0.15) is 73.5 Å². The number of anilines is 1. The highest BCUT2D eigenvalue weighted by atomic mass is 16.5. The van der Waals surface area contributed by atoms with Crippen molar-refractivity contribution in [1.82, 2.24) is 9.55 Å². The van der Waals surface area contributed by atoms with E-state index in [1.165, 1.54) is 17.4 Å². The molecule has 1 fully saturated rings. The molecule has 3 N–H and O–H groups in total. The van der Waals surface area contributed by atoms with Gasteiger partial charge in [0.05, 0.1) is 12.7 Å². The molecule has 1 aromatic rings. The number of nitrogen functional groups attached to an aromatic ring is 1. The van der Waals surface area contributed by atoms with E-state index in [0.717, 1.165) is 6.42 Å². The van der Waals surface area contributed by atoms with Gasteiger partial charge >= 0.3 is 5.69 Å². The van der Waals surface area contributed by atoms with Crippen LogP contribution in [0.5, 0.6) is 0 Å². The molecular formula is C17H35N3O3. The van der Waals surface area contributed by atoms with E-state index in [0.29, 0.717) is 6.42 Å². The van der Waals surface area contributed by atoms with Crippen LogP contribution in [-0.4, -0.2) is 27.4 Å². The van der Waals surface area contributed by atoms with Crippen molar-refractivity contribution in [3.8, 4) is 0 Å². The van der Waals surface area contributed by atoms with Crippen molar-refractivity contribution in [1.29, 1.82) is 0 Å². The van der Waals surface area contributed by atoms with E-state index in [-0.39, 0.29) is 24.8 Å². The molecule has 23 heavy (non-hydrogen) atoms. The van der Waals surface area contributed by atoms with E-state index in [1.807, 2.05) is 13.8 Å². The predicted molar refractivity (Wildman–Crippen MR) is 96.4 cm³/mol. The Kier molecular flexibility index (Phi) is 16.1. The average Bonchev–Trinajstić information content (AvgIpc) is 3.00. The van der Waals surface area contributed by atoms with Crippen LogP contribution in [0.4, 0.5) is 5.82 Å². The van der Waals surface area contributed by atoms with E-state index in [9.17, 15) is 4.79 Å². The van der Waals surface area contributed by atoms with Crippen molar-refractivity contribution in [2.75, 3.05) is 12.3 Å². The van der Waals surface area contributed by atoms with Gasteiger partial charge in [0.15, 0.2) is 0 Å². The molecule has 6 heteroatoms. The summed E-state index contributed by atoms with van der Waals surface area (Å²) >= 11 is 0. The minimum Gasteiger partial charge on any atom is -0.394 e. The Morgan fingerprint density at radius 1 is 1.26 bits per heavy atom. The van der Waals surface area contributed by atoms with Gasteiger partial charge in [-0.15, -0.1) is 0 Å². The van der Waals surface area contributed by atoms with Crippen molar-refractivity contribution < 1.29 is 9.84 Å². The SMILES string of the molecule is CC.CCC.CCC.Nc1ccn(C2CCC(CO)O2)c(=O)n1. The van der Waals surface area contributed by atoms with Crippen molar-refractivity contribution in [2.24, 2.45) is 0 Å². The van der Waals surface area contributed by atoms with E-state index >= 15 is 0 Å². The summed E-state index contributed by atoms with van der Waals surface area (Å²) in [6.07, 6.45) is 5.01. The molecule has 0 spiro atoms. The first-order valence-electron chi connectivity index (χ1n) is 8.64. The maximum atomic E-state index is 11.5. The van der Waals surface area contributed by atoms with Crippen molar-refractivity contribution >= 4 is 5.82 Å². The first-order valence-corrected chi connectivity index (χ1v) is 8.64. The molecule has 6 nitrogen and oxygen atoms in total. The highest BCUT2D eigenvalue weighted by molar-refractivity contribution is 5.23. The summed E-state index contributed by atoms with van der Waals surface area (Å²) in [7, 11) is 0. The zero-order valence-corrected chi connectivity index (χ0v) is 15.6. The molecule has 1 aromatic heterocycles. The lowest BCUT2D eigenvalue weighted by molar-refractivity contribution is -0.0245. The number of aromatic nitrogens is 2. The quantitative estimate of drug-likeness (QED) is 0.868. The number of aliphatic hydroxyl groups is 1. The molecule has 2 unspecified atom stereocenters. The second kappa shape index (κ2) is 15.5. The first kappa shape index (κ1) is 23.9. The standard InChI is InChI=1S/C9H13N3O3.2C3H8.C2H6/c10-7-3-4-12(9(14)11-7)8-2-1-6(5-13)15-8;2*1-3-2;1-2/h3-4,6,8,13H,1-2,5H2,(H2,10,11,14);2*3H2,1-2H3;1-2H3. The number of aliphatic hydroxyl groups excluding tert-OH is 1. The third kappa shape index (κ3) is 10.1. The lowest BCUT2D eigenvalue weighted by Crippen LogP contribution is -2.27. The Morgan fingerprint density at radius 3 is 2.17 bits per heavy atom. The van der Waals surface area contributed by atoms with Gasteiger partial charge in [-0.2, -0.15) is 4.98 Å². The lowest BCUT2D eigenvalue weighted by atomic mass is 10.2. The molecule has 0 bridgehead atoms. The molecule has 2 atom stereocenters. The fraction of sp³-hybridized carbons (Fsp3) is 0.765. The summed E-state index contributed by atoms with van der Waals surface area (Å²) in [5.74, 6) is 0.202. The summed E-state index contributed by atoms with van der Waals surface area (Å²) in [5, 5.41) is 8.90. The van der Waals surface area contributed by atoms with E-state index in [1.54, 1.807) is 12.3 Å². The maximum Gasteiger partial charge on any atom is 0.351 e. The van der Waals surface area contributed by atoms with E-state index in [4.69, 9.17) is 15.6 Å². The molecule has 0 amide bonds. The van der Waals surface area contributed by atoms with Gasteiger partial charge in [-0.25, -0.2) is 4.79 Å². The van der Waals surface area contributed by atoms with Gasteiger partial charge < -0.3 is 15.6 Å². The second-order valence-electron chi connectivity index (χ2n) is 4.93. The Hall–Kier alpha value is -1.40. The molecule has 136 valence electrons. The lowest BCUT2D eigenvalue weighted by Gasteiger charge is -2.14. The van der Waals surface area contributed by atoms with Crippen molar-refractivity contribution in [2.45, 2.75) is 79.6 Å². The van der Waals surface area contributed by atoms with Gasteiger partial charge in [-0.1, -0.05) is 54.4 Å². The van der Waals surface area contributed by atoms with Crippen LogP contribution in [0.3, 0.4) is 0 Å². The molecule has 1 aliphatic heterocycles. The molecule has 0 saturated carbocycles. The van der Waals surface area contributed by atoms with Gasteiger partial charge in [-0.3, -0.25) is 4.57 Å². The summed E-state index contributed by atoms with van der Waals surface area (Å²) in [6.45, 7) is 12.5. The van der Waals surface area contributed by atoms with Crippen LogP contribution in [0.2, 0.25) is 0 Å². The third-order valence-corrected chi connectivity index (χ3v) is 2.45. The topological polar surface area (TPSA) is 90.4 Å². The number of rotatable bonds is 2. The van der Waals surface area contributed by atoms with Gasteiger partial charge in [0.1, 0.15) is 12.0 Å². The Bertz CT molecular complexity index is 433. The van der Waals surface area contributed by atoms with Crippen LogP contribution >= 0.6 is 0 Å². The smallest absolute Gasteiger partial charge is 0.351 e. The number of ether oxygens (including phenoxy) is 1. The van der Waals surface area contributed by atoms with Crippen LogP contribution in [-0.2, 0) is 4.74 Å². The first-order chi connectivity index (χ1) is 11.0. The number of hydrogen-bond acceptors (Lipinski definition) is 5. The molecule has 0 aromatic carbocycles. The highest BCUT2D eigenvalue weighted by Gasteiger charge is 2.26. The maximum absolute atomic E-state index is 11.5. The number of nitrogens with zero attached hydrogens (tertiary/aromatic N) is 2. The van der Waals surface area contributed by atoms with Crippen LogP contribution in [0.25, 0.3) is 0 Å². The average molecular weight is 329 g/mol. The zero-order chi connectivity index (χ0) is 18.3. The van der Waals surface area contributed by atoms with E-state index < -0.39 is 5.69 Å². The van der Waals surface area contributed by atoms with Crippen LogP contribution < -0.4 is 11.4 Å². The Balaban J connectivity index is 0. The molecule has 1 saturated heterocycles. The highest BCUT2D eigenvalue weighted by Crippen LogP contribution is 2.26. The molecule has 2 rings (SSSR count). The second-order valence-corrected chi connectivity index (χ2v) is 4.93. The fourth-order valence-electron chi connectivity index (χ4n) is 1.67. The minimum atomic E-state index is -0.418. The molecule has 2 heterocycles. The normalized spacial score (nSPS) is 18.6. The summed E-state index contributed by atoms with van der Waals surface area (Å²) in [4.78, 5) is 15.1. The van der Waals surface area contributed by atoms with Gasteiger partial charge in [-0.05, 0) is 18.9 Å². The number of hydrogen-bond donors (Lipinski definition) is 2. The van der Waals surface area contributed by atoms with Crippen molar-refractivity contribution in [3.05, 3.63) is 22.7 Å². The zero-order valence-electron chi connectivity index (χ0n) is 15.6. The summed E-state index contributed by atoms with van der Waals surface area (Å²) in [6, 6.07) is 1.55. The molecular weight excluding hydrogens is 294 g/mol. The third-order valence-electron chi connectivity index (χ3n) is 2.45. The van der Waals surface area contributed by atoms with Crippen LogP contribution in [0, 0.1) is 0 Å². The molecule has 1 aliphatic rings.